The van der Waals surface area contributed by atoms with Gasteiger partial charge in [-0.1, -0.05) is 36.4 Å². The predicted octanol–water partition coefficient (Wildman–Crippen LogP) is 4.55. The minimum atomic E-state index is -4.34. The fourth-order valence-corrected chi connectivity index (χ4v) is 2.81. The molecule has 0 radical (unpaired) electrons. The van der Waals surface area contributed by atoms with Crippen molar-refractivity contribution in [1.82, 2.24) is 20.2 Å². The van der Waals surface area contributed by atoms with Gasteiger partial charge < -0.3 is 4.74 Å². The highest BCUT2D eigenvalue weighted by Gasteiger charge is 2.30. The Balaban J connectivity index is 1.85. The summed E-state index contributed by atoms with van der Waals surface area (Å²) in [5.74, 6) is 0.470. The van der Waals surface area contributed by atoms with Crippen molar-refractivity contribution in [3.05, 3.63) is 65.2 Å². The highest BCUT2D eigenvalue weighted by molar-refractivity contribution is 5.60. The van der Waals surface area contributed by atoms with Gasteiger partial charge >= 0.3 is 6.18 Å². The molecule has 3 aromatic rings. The van der Waals surface area contributed by atoms with Gasteiger partial charge in [0.05, 0.1) is 17.7 Å². The third-order valence-corrected chi connectivity index (χ3v) is 4.78. The van der Waals surface area contributed by atoms with Crippen LogP contribution in [0.5, 0.6) is 0 Å². The first-order valence-corrected chi connectivity index (χ1v) is 8.86. The summed E-state index contributed by atoms with van der Waals surface area (Å²) in [6.07, 6.45) is -3.95. The number of methoxy groups -OCH3 is 1. The van der Waals surface area contributed by atoms with Gasteiger partial charge in [-0.05, 0) is 48.7 Å². The fourth-order valence-electron chi connectivity index (χ4n) is 2.81. The monoisotopic (exact) mass is 390 g/mol. The van der Waals surface area contributed by atoms with Crippen molar-refractivity contribution in [2.45, 2.75) is 38.6 Å². The third-order valence-electron chi connectivity index (χ3n) is 4.78. The number of aromatic nitrogens is 4. The lowest BCUT2D eigenvalue weighted by molar-refractivity contribution is -0.137. The largest absolute Gasteiger partial charge is 0.416 e. The first kappa shape index (κ1) is 20.0. The van der Waals surface area contributed by atoms with Gasteiger partial charge in [0.1, 0.15) is 0 Å². The number of halogens is 3. The number of hydrogen-bond donors (Lipinski definition) is 0. The normalized spacial score (nSPS) is 14.1. The Kier molecular flexibility index (Phi) is 5.79. The first-order valence-electron chi connectivity index (χ1n) is 8.86. The van der Waals surface area contributed by atoms with Gasteiger partial charge in [-0.15, -0.1) is 10.2 Å². The fraction of sp³-hybridized carbons (Fsp3) is 0.350. The summed E-state index contributed by atoms with van der Waals surface area (Å²) < 4.78 is 43.6. The molecule has 2 atom stereocenters. The maximum Gasteiger partial charge on any atom is 0.416 e. The van der Waals surface area contributed by atoms with Crippen molar-refractivity contribution in [3.8, 4) is 11.4 Å². The second kappa shape index (κ2) is 8.10. The number of hydrogen-bond acceptors (Lipinski definition) is 4. The lowest BCUT2D eigenvalue weighted by atomic mass is 9.98. The van der Waals surface area contributed by atoms with E-state index in [4.69, 9.17) is 4.74 Å². The summed E-state index contributed by atoms with van der Waals surface area (Å²) in [6.45, 7) is 3.86. The van der Waals surface area contributed by atoms with Crippen LogP contribution in [0.2, 0.25) is 0 Å². The molecular weight excluding hydrogens is 369 g/mol. The van der Waals surface area contributed by atoms with Crippen LogP contribution in [-0.2, 0) is 17.3 Å². The average molecular weight is 390 g/mol. The van der Waals surface area contributed by atoms with Gasteiger partial charge in [-0.2, -0.15) is 18.0 Å². The van der Waals surface area contributed by atoms with Gasteiger partial charge in [-0.3, -0.25) is 0 Å². The molecule has 0 aliphatic heterocycles. The van der Waals surface area contributed by atoms with Crippen molar-refractivity contribution in [3.63, 3.8) is 0 Å². The molecule has 0 unspecified atom stereocenters. The molecule has 0 saturated heterocycles. The van der Waals surface area contributed by atoms with E-state index in [2.05, 4.69) is 15.4 Å². The zero-order valence-corrected chi connectivity index (χ0v) is 15.8. The highest BCUT2D eigenvalue weighted by Crippen LogP contribution is 2.30. The number of nitrogens with zero attached hydrogens (tertiary/aromatic N) is 4. The maximum absolute atomic E-state index is 12.7. The number of benzene rings is 2. The van der Waals surface area contributed by atoms with Crippen molar-refractivity contribution < 1.29 is 17.9 Å². The van der Waals surface area contributed by atoms with Crippen LogP contribution in [-0.4, -0.2) is 33.4 Å². The molecule has 148 valence electrons. The first-order chi connectivity index (χ1) is 13.3. The molecule has 2 aromatic carbocycles. The number of ether oxygens (including phenoxy) is 1. The summed E-state index contributed by atoms with van der Waals surface area (Å²) in [4.78, 5) is 1.51. The van der Waals surface area contributed by atoms with Crippen molar-refractivity contribution in [2.24, 2.45) is 0 Å². The standard InChI is InChI=1S/C20H21F3N4O/c1-13(14(2)28-3)27-25-19(24-26-27)18-7-5-4-6-16(18)12-15-8-10-17(11-9-15)20(21,22)23/h4-11,13-14H,12H2,1-3H3/t13-,14+/m1/s1. The Hall–Kier alpha value is -2.74. The molecule has 5 nitrogen and oxygen atoms in total. The molecule has 0 saturated carbocycles. The molecule has 0 amide bonds. The van der Waals surface area contributed by atoms with Crippen molar-refractivity contribution in [2.75, 3.05) is 7.11 Å². The lowest BCUT2D eigenvalue weighted by Crippen LogP contribution is -2.22. The Bertz CT molecular complexity index is 922. The zero-order valence-electron chi connectivity index (χ0n) is 15.8. The third kappa shape index (κ3) is 4.39. The summed E-state index contributed by atoms with van der Waals surface area (Å²) in [5, 5.41) is 12.7. The highest BCUT2D eigenvalue weighted by atomic mass is 19.4. The second-order valence-corrected chi connectivity index (χ2v) is 6.64. The van der Waals surface area contributed by atoms with Crippen LogP contribution in [0.3, 0.4) is 0 Å². The van der Waals surface area contributed by atoms with Crippen molar-refractivity contribution in [1.29, 1.82) is 0 Å². The van der Waals surface area contributed by atoms with Crippen LogP contribution < -0.4 is 0 Å². The molecule has 8 heteroatoms. The van der Waals surface area contributed by atoms with Crippen LogP contribution in [0, 0.1) is 0 Å². The van der Waals surface area contributed by atoms with Crippen LogP contribution >= 0.6 is 0 Å². The molecule has 0 bridgehead atoms. The minimum Gasteiger partial charge on any atom is -0.379 e. The predicted molar refractivity (Wildman–Crippen MR) is 98.7 cm³/mol. The Morgan fingerprint density at radius 1 is 1.04 bits per heavy atom. The molecule has 1 aromatic heterocycles. The second-order valence-electron chi connectivity index (χ2n) is 6.64. The zero-order chi connectivity index (χ0) is 20.3. The van der Waals surface area contributed by atoms with E-state index in [1.165, 1.54) is 16.9 Å². The summed E-state index contributed by atoms with van der Waals surface area (Å²) in [6, 6.07) is 12.6. The molecule has 0 spiro atoms. The van der Waals surface area contributed by atoms with Crippen LogP contribution in [0.25, 0.3) is 11.4 Å². The Labute approximate surface area is 161 Å². The Morgan fingerprint density at radius 2 is 1.71 bits per heavy atom. The van der Waals surface area contributed by atoms with Gasteiger partial charge in [-0.25, -0.2) is 0 Å². The summed E-state index contributed by atoms with van der Waals surface area (Å²) >= 11 is 0. The SMILES string of the molecule is CO[C@@H](C)[C@@H](C)n1nnc(-c2ccccc2Cc2ccc(C(F)(F)F)cc2)n1. The number of rotatable bonds is 6. The maximum atomic E-state index is 12.7. The van der Waals surface area contributed by atoms with E-state index in [-0.39, 0.29) is 12.1 Å². The molecule has 1 heterocycles. The topological polar surface area (TPSA) is 52.8 Å². The van der Waals surface area contributed by atoms with E-state index < -0.39 is 11.7 Å². The quantitative estimate of drug-likeness (QED) is 0.620. The van der Waals surface area contributed by atoms with Gasteiger partial charge in [0.15, 0.2) is 0 Å². The molecule has 3 rings (SSSR count). The van der Waals surface area contributed by atoms with E-state index in [0.29, 0.717) is 12.2 Å². The summed E-state index contributed by atoms with van der Waals surface area (Å²) in [7, 11) is 1.62. The van der Waals surface area contributed by atoms with E-state index in [0.717, 1.165) is 28.8 Å². The molecule has 0 aliphatic carbocycles. The van der Waals surface area contributed by atoms with Gasteiger partial charge in [0.25, 0.3) is 0 Å². The van der Waals surface area contributed by atoms with Gasteiger partial charge in [0, 0.05) is 12.7 Å². The Morgan fingerprint density at radius 3 is 2.36 bits per heavy atom. The summed E-state index contributed by atoms with van der Waals surface area (Å²) in [5.41, 5.74) is 1.82. The van der Waals surface area contributed by atoms with Crippen molar-refractivity contribution >= 4 is 0 Å². The lowest BCUT2D eigenvalue weighted by Gasteiger charge is -2.16. The van der Waals surface area contributed by atoms with Crippen LogP contribution in [0.1, 0.15) is 36.6 Å². The number of alkyl halides is 3. The van der Waals surface area contributed by atoms with E-state index in [1.807, 2.05) is 38.1 Å². The molecule has 0 N–H and O–H groups in total. The van der Waals surface area contributed by atoms with E-state index >= 15 is 0 Å². The smallest absolute Gasteiger partial charge is 0.379 e. The van der Waals surface area contributed by atoms with E-state index in [9.17, 15) is 13.2 Å². The molecule has 28 heavy (non-hydrogen) atoms. The van der Waals surface area contributed by atoms with E-state index in [1.54, 1.807) is 7.11 Å². The minimum absolute atomic E-state index is 0.0792. The molecule has 0 fully saturated rings. The molecule has 0 aliphatic rings. The number of tetrazole rings is 1. The van der Waals surface area contributed by atoms with Gasteiger partial charge in [0.2, 0.25) is 5.82 Å². The van der Waals surface area contributed by atoms with Crippen LogP contribution in [0.15, 0.2) is 48.5 Å². The average Bonchev–Trinajstić information content (AvgIpc) is 3.17. The van der Waals surface area contributed by atoms with Crippen LogP contribution in [0.4, 0.5) is 13.2 Å². The molecular formula is C20H21F3N4O.